The van der Waals surface area contributed by atoms with Crippen LogP contribution in [0.15, 0.2) is 24.3 Å². The van der Waals surface area contributed by atoms with E-state index in [2.05, 4.69) is 4.90 Å². The Morgan fingerprint density at radius 2 is 2.00 bits per heavy atom. The van der Waals surface area contributed by atoms with Crippen LogP contribution in [0.3, 0.4) is 0 Å². The first-order valence-electron chi connectivity index (χ1n) is 7.22. The molecule has 104 valence electrons. The first kappa shape index (κ1) is 12.7. The summed E-state index contributed by atoms with van der Waals surface area (Å²) in [4.78, 5) is 15.6. The molecule has 2 saturated carbocycles. The summed E-state index contributed by atoms with van der Waals surface area (Å²) >= 11 is 7.97. The Labute approximate surface area is 127 Å². The zero-order valence-electron chi connectivity index (χ0n) is 11.1. The lowest BCUT2D eigenvalue weighted by Gasteiger charge is -2.21. The fourth-order valence-electron chi connectivity index (χ4n) is 2.64. The zero-order valence-corrected chi connectivity index (χ0v) is 12.7. The standard InChI is InChI=1S/C16H16ClNOS/c17-14-12-3-1-2-4-13(12)20-15(14)16(19)18(11-7-8-11)9-10-5-6-10/h1-4,10-11H,5-9H2. The smallest absolute Gasteiger partial charge is 0.265 e. The fraction of sp³-hybridized carbons (Fsp3) is 0.438. The van der Waals surface area contributed by atoms with Crippen LogP contribution in [0.1, 0.15) is 35.4 Å². The second-order valence-corrected chi connectivity index (χ2v) is 7.30. The molecular weight excluding hydrogens is 290 g/mol. The Kier molecular flexibility index (Phi) is 3.00. The normalized spacial score (nSPS) is 18.4. The van der Waals surface area contributed by atoms with Gasteiger partial charge in [-0.2, -0.15) is 0 Å². The largest absolute Gasteiger partial charge is 0.335 e. The number of carbonyl (C=O) groups excluding carboxylic acids is 1. The lowest BCUT2D eigenvalue weighted by molar-refractivity contribution is 0.0740. The Morgan fingerprint density at radius 1 is 1.25 bits per heavy atom. The molecule has 0 spiro atoms. The van der Waals surface area contributed by atoms with Crippen molar-refractivity contribution < 1.29 is 4.79 Å². The number of benzene rings is 1. The van der Waals surface area contributed by atoms with Gasteiger partial charge in [0.15, 0.2) is 0 Å². The number of hydrogen-bond acceptors (Lipinski definition) is 2. The monoisotopic (exact) mass is 305 g/mol. The van der Waals surface area contributed by atoms with Crippen LogP contribution < -0.4 is 0 Å². The third-order valence-electron chi connectivity index (χ3n) is 4.13. The number of amides is 1. The molecule has 1 heterocycles. The molecular formula is C16H16ClNOS. The summed E-state index contributed by atoms with van der Waals surface area (Å²) in [5, 5.41) is 1.64. The van der Waals surface area contributed by atoms with Crippen molar-refractivity contribution >= 4 is 38.9 Å². The van der Waals surface area contributed by atoms with Gasteiger partial charge in [0.05, 0.1) is 5.02 Å². The molecule has 2 nitrogen and oxygen atoms in total. The second kappa shape index (κ2) is 4.74. The average Bonchev–Trinajstić information content (AvgIpc) is 3.35. The summed E-state index contributed by atoms with van der Waals surface area (Å²) in [6.45, 7) is 0.925. The SMILES string of the molecule is O=C(c1sc2ccccc2c1Cl)N(CC1CC1)C1CC1. The average molecular weight is 306 g/mol. The van der Waals surface area contributed by atoms with Gasteiger partial charge in [-0.25, -0.2) is 0 Å². The molecule has 0 atom stereocenters. The lowest BCUT2D eigenvalue weighted by atomic mass is 10.2. The van der Waals surface area contributed by atoms with Crippen molar-refractivity contribution in [2.45, 2.75) is 31.7 Å². The van der Waals surface area contributed by atoms with Crippen LogP contribution in [-0.2, 0) is 0 Å². The van der Waals surface area contributed by atoms with Gasteiger partial charge in [-0.1, -0.05) is 29.8 Å². The van der Waals surface area contributed by atoms with E-state index in [1.165, 1.54) is 24.2 Å². The maximum atomic E-state index is 12.8. The summed E-state index contributed by atoms with van der Waals surface area (Å²) in [5.41, 5.74) is 0. The molecule has 20 heavy (non-hydrogen) atoms. The molecule has 2 aliphatic carbocycles. The molecule has 0 bridgehead atoms. The molecule has 4 heteroatoms. The molecule has 2 fully saturated rings. The second-order valence-electron chi connectivity index (χ2n) is 5.87. The van der Waals surface area contributed by atoms with Gasteiger partial charge in [0.1, 0.15) is 4.88 Å². The molecule has 1 amide bonds. The van der Waals surface area contributed by atoms with Crippen LogP contribution in [0, 0.1) is 5.92 Å². The minimum Gasteiger partial charge on any atom is -0.335 e. The van der Waals surface area contributed by atoms with E-state index in [-0.39, 0.29) is 5.91 Å². The van der Waals surface area contributed by atoms with Crippen molar-refractivity contribution in [3.63, 3.8) is 0 Å². The highest BCUT2D eigenvalue weighted by Crippen LogP contribution is 2.40. The van der Waals surface area contributed by atoms with Gasteiger partial charge in [-0.15, -0.1) is 11.3 Å². The van der Waals surface area contributed by atoms with Crippen LogP contribution in [0.4, 0.5) is 0 Å². The maximum Gasteiger partial charge on any atom is 0.265 e. The summed E-state index contributed by atoms with van der Waals surface area (Å²) in [6.07, 6.45) is 4.86. The van der Waals surface area contributed by atoms with Gasteiger partial charge in [-0.3, -0.25) is 4.79 Å². The fourth-order valence-corrected chi connectivity index (χ4v) is 4.11. The van der Waals surface area contributed by atoms with E-state index in [0.717, 1.165) is 40.3 Å². The van der Waals surface area contributed by atoms with Crippen molar-refractivity contribution in [2.24, 2.45) is 5.92 Å². The van der Waals surface area contributed by atoms with Gasteiger partial charge in [0.2, 0.25) is 0 Å². The number of halogens is 1. The molecule has 4 rings (SSSR count). The van der Waals surface area contributed by atoms with Gasteiger partial charge in [0.25, 0.3) is 5.91 Å². The maximum absolute atomic E-state index is 12.8. The number of nitrogens with zero attached hydrogens (tertiary/aromatic N) is 1. The Balaban J connectivity index is 1.69. The van der Waals surface area contributed by atoms with Crippen LogP contribution in [0.5, 0.6) is 0 Å². The molecule has 0 aliphatic heterocycles. The Bertz CT molecular complexity index is 672. The highest BCUT2D eigenvalue weighted by atomic mass is 35.5. The van der Waals surface area contributed by atoms with E-state index >= 15 is 0 Å². The molecule has 0 radical (unpaired) electrons. The minimum atomic E-state index is 0.144. The molecule has 0 N–H and O–H groups in total. The van der Waals surface area contributed by atoms with E-state index < -0.39 is 0 Å². The van der Waals surface area contributed by atoms with Crippen molar-refractivity contribution in [3.8, 4) is 0 Å². The molecule has 0 unspecified atom stereocenters. The number of carbonyl (C=O) groups is 1. The van der Waals surface area contributed by atoms with Crippen LogP contribution >= 0.6 is 22.9 Å². The summed E-state index contributed by atoms with van der Waals surface area (Å²) in [5.74, 6) is 0.873. The Hall–Kier alpha value is -1.06. The van der Waals surface area contributed by atoms with E-state index in [4.69, 9.17) is 11.6 Å². The van der Waals surface area contributed by atoms with Crippen molar-refractivity contribution in [1.82, 2.24) is 4.90 Å². The van der Waals surface area contributed by atoms with E-state index in [1.807, 2.05) is 24.3 Å². The molecule has 1 aromatic heterocycles. The first-order valence-corrected chi connectivity index (χ1v) is 8.41. The summed E-state index contributed by atoms with van der Waals surface area (Å²) in [7, 11) is 0. The molecule has 2 aromatic rings. The van der Waals surface area contributed by atoms with E-state index in [9.17, 15) is 4.79 Å². The predicted molar refractivity (Wildman–Crippen MR) is 83.6 cm³/mol. The van der Waals surface area contributed by atoms with Gasteiger partial charge < -0.3 is 4.90 Å². The van der Waals surface area contributed by atoms with Crippen LogP contribution in [0.25, 0.3) is 10.1 Å². The third kappa shape index (κ3) is 2.23. The quantitative estimate of drug-likeness (QED) is 0.810. The first-order chi connectivity index (χ1) is 9.74. The number of rotatable bonds is 4. The van der Waals surface area contributed by atoms with Gasteiger partial charge >= 0.3 is 0 Å². The minimum absolute atomic E-state index is 0.144. The number of thiophene rings is 1. The highest BCUT2D eigenvalue weighted by Gasteiger charge is 2.38. The highest BCUT2D eigenvalue weighted by molar-refractivity contribution is 7.21. The molecule has 2 aliphatic rings. The van der Waals surface area contributed by atoms with Gasteiger partial charge in [-0.05, 0) is 37.7 Å². The van der Waals surface area contributed by atoms with E-state index in [1.54, 1.807) is 0 Å². The topological polar surface area (TPSA) is 20.3 Å². The number of fused-ring (bicyclic) bond motifs is 1. The molecule has 0 saturated heterocycles. The zero-order chi connectivity index (χ0) is 13.7. The summed E-state index contributed by atoms with van der Waals surface area (Å²) < 4.78 is 1.10. The summed E-state index contributed by atoms with van der Waals surface area (Å²) in [6, 6.07) is 8.45. The van der Waals surface area contributed by atoms with Crippen LogP contribution in [0.2, 0.25) is 5.02 Å². The van der Waals surface area contributed by atoms with Crippen molar-refractivity contribution in [1.29, 1.82) is 0 Å². The number of hydrogen-bond donors (Lipinski definition) is 0. The molecule has 1 aromatic carbocycles. The third-order valence-corrected chi connectivity index (χ3v) is 5.79. The Morgan fingerprint density at radius 3 is 2.65 bits per heavy atom. The van der Waals surface area contributed by atoms with Crippen LogP contribution in [-0.4, -0.2) is 23.4 Å². The predicted octanol–water partition coefficient (Wildman–Crippen LogP) is 4.57. The lowest BCUT2D eigenvalue weighted by Crippen LogP contribution is -2.34. The van der Waals surface area contributed by atoms with Crippen molar-refractivity contribution in [2.75, 3.05) is 6.54 Å². The van der Waals surface area contributed by atoms with Crippen molar-refractivity contribution in [3.05, 3.63) is 34.2 Å². The van der Waals surface area contributed by atoms with Gasteiger partial charge in [0, 0.05) is 22.7 Å². The van der Waals surface area contributed by atoms with E-state index in [0.29, 0.717) is 11.1 Å².